The monoisotopic (exact) mass is 705 g/mol. The molecule has 1 atom stereocenters. The van der Waals surface area contributed by atoms with Gasteiger partial charge in [-0.05, 0) is 64.0 Å². The summed E-state index contributed by atoms with van der Waals surface area (Å²) in [7, 11) is 0. The zero-order valence-corrected chi connectivity index (χ0v) is 24.0. The van der Waals surface area contributed by atoms with Crippen molar-refractivity contribution in [1.82, 2.24) is 9.80 Å². The van der Waals surface area contributed by atoms with E-state index < -0.39 is 71.4 Å². The second kappa shape index (κ2) is 11.8. The molecule has 238 valence electrons. The lowest BCUT2D eigenvalue weighted by atomic mass is 9.98. The number of hydrogen-bond donors (Lipinski definition) is 2. The Balaban J connectivity index is 1.31. The van der Waals surface area contributed by atoms with E-state index in [1.54, 1.807) is 0 Å². The number of nitrogens with one attached hydrogen (secondary N) is 1. The Hall–Kier alpha value is -4.54. The van der Waals surface area contributed by atoms with Gasteiger partial charge in [0.25, 0.3) is 11.8 Å². The molecule has 3 aromatic carbocycles. The molecule has 2 aliphatic heterocycles. The molecule has 0 aromatic heterocycles. The van der Waals surface area contributed by atoms with Gasteiger partial charge in [0.1, 0.15) is 29.1 Å². The van der Waals surface area contributed by atoms with Crippen molar-refractivity contribution >= 4 is 39.3 Å². The molecule has 9 nitrogen and oxygen atoms in total. The van der Waals surface area contributed by atoms with Crippen LogP contribution in [0.1, 0.15) is 15.9 Å². The number of alkyl halides is 6. The second-order valence-corrected chi connectivity index (χ2v) is 10.7. The molecular formula is C28H19BrF7N3O6. The highest BCUT2D eigenvalue weighted by Crippen LogP contribution is 2.40. The molecule has 0 bridgehead atoms. The van der Waals surface area contributed by atoms with Gasteiger partial charge >= 0.3 is 12.5 Å². The summed E-state index contributed by atoms with van der Waals surface area (Å²) in [6.45, 7) is -0.976. The minimum absolute atomic E-state index is 0.00349. The number of ether oxygens (including phenoxy) is 2. The maximum absolute atomic E-state index is 14.9. The van der Waals surface area contributed by atoms with E-state index in [1.807, 2.05) is 0 Å². The molecule has 17 heteroatoms. The van der Waals surface area contributed by atoms with Crippen LogP contribution in [0.25, 0.3) is 11.1 Å². The van der Waals surface area contributed by atoms with Gasteiger partial charge in [-0.3, -0.25) is 14.4 Å². The van der Waals surface area contributed by atoms with E-state index in [0.717, 1.165) is 30.3 Å². The molecule has 5 rings (SSSR count). The summed E-state index contributed by atoms with van der Waals surface area (Å²) >= 11 is 3.05. The number of rotatable bonds is 5. The summed E-state index contributed by atoms with van der Waals surface area (Å²) in [6.07, 6.45) is -10.0. The number of nitrogens with zero attached hydrogens (tertiary/aromatic N) is 2. The van der Waals surface area contributed by atoms with Crippen LogP contribution in [0, 0.1) is 5.82 Å². The number of anilines is 1. The summed E-state index contributed by atoms with van der Waals surface area (Å²) in [5.74, 6) is -4.95. The van der Waals surface area contributed by atoms with E-state index in [1.165, 1.54) is 21.9 Å². The van der Waals surface area contributed by atoms with E-state index in [4.69, 9.17) is 4.74 Å². The fourth-order valence-corrected chi connectivity index (χ4v) is 5.37. The molecule has 2 heterocycles. The number of piperazine rings is 1. The van der Waals surface area contributed by atoms with E-state index in [0.29, 0.717) is 0 Å². The molecule has 1 saturated heterocycles. The summed E-state index contributed by atoms with van der Waals surface area (Å²) in [5, 5.41) is 12.4. The van der Waals surface area contributed by atoms with Gasteiger partial charge in [0.05, 0.1) is 27.8 Å². The summed E-state index contributed by atoms with van der Waals surface area (Å²) in [4.78, 5) is 41.9. The largest absolute Gasteiger partial charge is 0.573 e. The van der Waals surface area contributed by atoms with Crippen LogP contribution >= 0.6 is 15.9 Å². The van der Waals surface area contributed by atoms with Gasteiger partial charge in [0.2, 0.25) is 5.91 Å². The zero-order valence-electron chi connectivity index (χ0n) is 22.4. The molecule has 2 N–H and O–H groups in total. The van der Waals surface area contributed by atoms with E-state index in [9.17, 15) is 50.2 Å². The van der Waals surface area contributed by atoms with Crippen LogP contribution in [0.15, 0.2) is 53.0 Å². The summed E-state index contributed by atoms with van der Waals surface area (Å²) < 4.78 is 101. The van der Waals surface area contributed by atoms with Crippen LogP contribution in [0.3, 0.4) is 0 Å². The lowest BCUT2D eigenvalue weighted by Gasteiger charge is -2.39. The van der Waals surface area contributed by atoms with Gasteiger partial charge in [0.15, 0.2) is 6.61 Å². The van der Waals surface area contributed by atoms with Crippen molar-refractivity contribution in [2.45, 2.75) is 18.6 Å². The van der Waals surface area contributed by atoms with Gasteiger partial charge in [-0.1, -0.05) is 6.07 Å². The van der Waals surface area contributed by atoms with Crippen LogP contribution in [0.5, 0.6) is 17.2 Å². The van der Waals surface area contributed by atoms with Crippen molar-refractivity contribution in [3.8, 4) is 28.4 Å². The molecule has 1 fully saturated rings. The highest BCUT2D eigenvalue weighted by Gasteiger charge is 2.41. The van der Waals surface area contributed by atoms with Crippen molar-refractivity contribution in [2.24, 2.45) is 0 Å². The third-order valence-corrected chi connectivity index (χ3v) is 7.59. The number of benzene rings is 3. The number of phenols is 1. The maximum Gasteiger partial charge on any atom is 0.573 e. The topological polar surface area (TPSA) is 108 Å². The molecule has 45 heavy (non-hydrogen) atoms. The fraction of sp³-hybridized carbons (Fsp3) is 0.250. The zero-order chi connectivity index (χ0) is 32.8. The fourth-order valence-electron chi connectivity index (χ4n) is 4.90. The van der Waals surface area contributed by atoms with E-state index in [-0.39, 0.29) is 52.7 Å². The molecular weight excluding hydrogens is 687 g/mol. The summed E-state index contributed by atoms with van der Waals surface area (Å²) in [6, 6.07) is 6.50. The van der Waals surface area contributed by atoms with Gasteiger partial charge in [-0.15, -0.1) is 13.2 Å². The third-order valence-electron chi connectivity index (χ3n) is 6.97. The third kappa shape index (κ3) is 6.77. The Labute approximate surface area is 257 Å². The van der Waals surface area contributed by atoms with Crippen LogP contribution in [0.2, 0.25) is 0 Å². The number of fused-ring (bicyclic) bond motifs is 2. The van der Waals surface area contributed by atoms with Crippen LogP contribution in [-0.2, 0) is 15.8 Å². The molecule has 3 aromatic rings. The lowest BCUT2D eigenvalue weighted by Crippen LogP contribution is -2.60. The first-order valence-electron chi connectivity index (χ1n) is 12.8. The highest BCUT2D eigenvalue weighted by atomic mass is 79.9. The normalized spacial score (nSPS) is 16.8. The number of aromatic hydroxyl groups is 1. The minimum atomic E-state index is -5.10. The Morgan fingerprint density at radius 2 is 1.73 bits per heavy atom. The SMILES string of the molecule is O=C1Nc2ccc(-c3cc(O)cc(C(F)(F)F)c3F)cc2C(=O)N2CCN(C(=O)COc3ccc(OC(F)(F)F)cc3Br)CC12. The van der Waals surface area contributed by atoms with Crippen molar-refractivity contribution in [3.63, 3.8) is 0 Å². The van der Waals surface area contributed by atoms with Crippen LogP contribution < -0.4 is 14.8 Å². The second-order valence-electron chi connectivity index (χ2n) is 9.89. The Morgan fingerprint density at radius 3 is 2.40 bits per heavy atom. The standard InChI is InChI=1S/C28H19BrF7N3O6/c29-19-10-15(45-28(34,35)36)2-4-22(19)44-12-23(41)38-5-6-39-21(11-38)25(42)37-20-3-1-13(7-17(20)26(39)43)16-8-14(40)9-18(24(16)30)27(31,32)33/h1-4,7-10,21,40H,5-6,11-12H2,(H,37,42). The van der Waals surface area contributed by atoms with Crippen LogP contribution in [0.4, 0.5) is 36.4 Å². The van der Waals surface area contributed by atoms with Crippen molar-refractivity contribution in [2.75, 3.05) is 31.6 Å². The first-order chi connectivity index (χ1) is 21.0. The Bertz CT molecular complexity index is 1700. The van der Waals surface area contributed by atoms with Gasteiger partial charge in [-0.2, -0.15) is 13.2 Å². The molecule has 0 radical (unpaired) electrons. The first kappa shape index (κ1) is 31.9. The molecule has 0 spiro atoms. The number of carbonyl (C=O) groups is 3. The van der Waals surface area contributed by atoms with E-state index in [2.05, 4.69) is 26.0 Å². The predicted molar refractivity (Wildman–Crippen MR) is 145 cm³/mol. The molecule has 1 unspecified atom stereocenters. The Kier molecular flexibility index (Phi) is 8.33. The van der Waals surface area contributed by atoms with Gasteiger partial charge in [0, 0.05) is 18.7 Å². The average molecular weight is 706 g/mol. The Morgan fingerprint density at radius 1 is 1.00 bits per heavy atom. The summed E-state index contributed by atoms with van der Waals surface area (Å²) in [5.41, 5.74) is -2.62. The number of carbonyl (C=O) groups excluding carboxylic acids is 3. The number of amides is 3. The minimum Gasteiger partial charge on any atom is -0.508 e. The van der Waals surface area contributed by atoms with Crippen molar-refractivity contribution < 1.29 is 59.7 Å². The molecule has 3 amide bonds. The lowest BCUT2D eigenvalue weighted by molar-refractivity contribution is -0.274. The maximum atomic E-state index is 14.9. The van der Waals surface area contributed by atoms with Crippen LogP contribution in [-0.4, -0.2) is 71.3 Å². The average Bonchev–Trinajstić information content (AvgIpc) is 3.05. The molecule has 2 aliphatic rings. The predicted octanol–water partition coefficient (Wildman–Crippen LogP) is 5.56. The smallest absolute Gasteiger partial charge is 0.508 e. The quantitative estimate of drug-likeness (QED) is 0.337. The van der Waals surface area contributed by atoms with E-state index >= 15 is 0 Å². The van der Waals surface area contributed by atoms with Crippen molar-refractivity contribution in [1.29, 1.82) is 0 Å². The first-order valence-corrected chi connectivity index (χ1v) is 13.6. The molecule has 0 saturated carbocycles. The van der Waals surface area contributed by atoms with Crippen molar-refractivity contribution in [3.05, 3.63) is 69.9 Å². The number of halogens is 8. The highest BCUT2D eigenvalue weighted by molar-refractivity contribution is 9.10. The number of hydrogen-bond acceptors (Lipinski definition) is 6. The molecule has 0 aliphatic carbocycles. The van der Waals surface area contributed by atoms with Gasteiger partial charge < -0.3 is 29.7 Å². The van der Waals surface area contributed by atoms with Gasteiger partial charge in [-0.25, -0.2) is 4.39 Å². The number of phenolic OH excluding ortho intramolecular Hbond substituents is 1.